The van der Waals surface area contributed by atoms with Gasteiger partial charge in [-0.1, -0.05) is 48.5 Å². The van der Waals surface area contributed by atoms with Crippen molar-refractivity contribution in [3.63, 3.8) is 0 Å². The molecule has 0 aliphatic carbocycles. The quantitative estimate of drug-likeness (QED) is 0.456. The monoisotopic (exact) mass is 453 g/mol. The number of ether oxygens (including phenoxy) is 2. The molecule has 0 aliphatic heterocycles. The average molecular weight is 454 g/mol. The minimum atomic E-state index is -0.196. The van der Waals surface area contributed by atoms with Gasteiger partial charge in [0.1, 0.15) is 6.61 Å². The van der Waals surface area contributed by atoms with Crippen LogP contribution in [0.2, 0.25) is 0 Å². The van der Waals surface area contributed by atoms with Crippen LogP contribution >= 0.6 is 15.9 Å². The number of anilines is 1. The first-order chi connectivity index (χ1) is 14.0. The van der Waals surface area contributed by atoms with Gasteiger partial charge >= 0.3 is 0 Å². The molecule has 0 fully saturated rings. The maximum atomic E-state index is 12.9. The van der Waals surface area contributed by atoms with Gasteiger partial charge in [0.15, 0.2) is 11.5 Å². The SMILES string of the molecule is CCOc1cc(C(=O)Nc2c(C)cccc2C)cc(Br)c1OCc1ccccc1. The number of hydrogen-bond donors (Lipinski definition) is 1. The smallest absolute Gasteiger partial charge is 0.255 e. The summed E-state index contributed by atoms with van der Waals surface area (Å²) in [6.45, 7) is 6.73. The van der Waals surface area contributed by atoms with Crippen molar-refractivity contribution >= 4 is 27.5 Å². The molecule has 0 radical (unpaired) electrons. The van der Waals surface area contributed by atoms with E-state index in [1.54, 1.807) is 12.1 Å². The van der Waals surface area contributed by atoms with Gasteiger partial charge in [0, 0.05) is 11.3 Å². The summed E-state index contributed by atoms with van der Waals surface area (Å²) in [6, 6.07) is 19.3. The van der Waals surface area contributed by atoms with E-state index >= 15 is 0 Å². The van der Waals surface area contributed by atoms with Gasteiger partial charge in [-0.25, -0.2) is 0 Å². The van der Waals surface area contributed by atoms with E-state index in [2.05, 4.69) is 21.2 Å². The van der Waals surface area contributed by atoms with Crippen molar-refractivity contribution in [2.75, 3.05) is 11.9 Å². The van der Waals surface area contributed by atoms with Crippen LogP contribution in [0.25, 0.3) is 0 Å². The molecule has 1 N–H and O–H groups in total. The molecule has 0 saturated carbocycles. The number of hydrogen-bond acceptors (Lipinski definition) is 3. The third-order valence-electron chi connectivity index (χ3n) is 4.52. The molecule has 0 aliphatic rings. The second kappa shape index (κ2) is 9.61. The van der Waals surface area contributed by atoms with Crippen molar-refractivity contribution in [2.45, 2.75) is 27.4 Å². The maximum Gasteiger partial charge on any atom is 0.255 e. The zero-order valence-corrected chi connectivity index (χ0v) is 18.4. The van der Waals surface area contributed by atoms with E-state index in [0.29, 0.717) is 34.7 Å². The lowest BCUT2D eigenvalue weighted by Crippen LogP contribution is -2.14. The molecular weight excluding hydrogens is 430 g/mol. The van der Waals surface area contributed by atoms with Gasteiger partial charge in [-0.05, 0) is 65.5 Å². The predicted octanol–water partition coefficient (Wildman–Crippen LogP) is 6.30. The Morgan fingerprint density at radius 3 is 2.31 bits per heavy atom. The summed E-state index contributed by atoms with van der Waals surface area (Å²) in [6.07, 6.45) is 0. The Morgan fingerprint density at radius 1 is 0.966 bits per heavy atom. The highest BCUT2D eigenvalue weighted by Gasteiger charge is 2.17. The summed E-state index contributed by atoms with van der Waals surface area (Å²) in [4.78, 5) is 12.9. The fourth-order valence-corrected chi connectivity index (χ4v) is 3.59. The van der Waals surface area contributed by atoms with E-state index in [9.17, 15) is 4.79 Å². The molecular formula is C24H24BrNO3. The molecule has 3 aromatic rings. The van der Waals surface area contributed by atoms with Gasteiger partial charge < -0.3 is 14.8 Å². The highest BCUT2D eigenvalue weighted by atomic mass is 79.9. The Bertz CT molecular complexity index is 982. The fraction of sp³-hybridized carbons (Fsp3) is 0.208. The first-order valence-electron chi connectivity index (χ1n) is 9.50. The molecule has 3 aromatic carbocycles. The second-order valence-electron chi connectivity index (χ2n) is 6.71. The Kier molecular flexibility index (Phi) is 6.94. The number of para-hydroxylation sites is 1. The maximum absolute atomic E-state index is 12.9. The van der Waals surface area contributed by atoms with E-state index in [1.807, 2.05) is 69.3 Å². The Labute approximate surface area is 180 Å². The second-order valence-corrected chi connectivity index (χ2v) is 7.57. The topological polar surface area (TPSA) is 47.6 Å². The molecule has 1 amide bonds. The van der Waals surface area contributed by atoms with Gasteiger partial charge in [0.25, 0.3) is 5.91 Å². The molecule has 150 valence electrons. The lowest BCUT2D eigenvalue weighted by atomic mass is 10.1. The number of carbonyl (C=O) groups is 1. The predicted molar refractivity (Wildman–Crippen MR) is 120 cm³/mol. The van der Waals surface area contributed by atoms with Gasteiger partial charge in [0.05, 0.1) is 11.1 Å². The largest absolute Gasteiger partial charge is 0.490 e. The van der Waals surface area contributed by atoms with Gasteiger partial charge in [-0.15, -0.1) is 0 Å². The fourth-order valence-electron chi connectivity index (χ4n) is 3.03. The number of aryl methyl sites for hydroxylation is 2. The third kappa shape index (κ3) is 5.18. The van der Waals surface area contributed by atoms with E-state index in [1.165, 1.54) is 0 Å². The number of nitrogens with one attached hydrogen (secondary N) is 1. The molecule has 0 heterocycles. The molecule has 29 heavy (non-hydrogen) atoms. The minimum absolute atomic E-state index is 0.196. The van der Waals surface area contributed by atoms with Crippen molar-refractivity contribution in [1.29, 1.82) is 0 Å². The van der Waals surface area contributed by atoms with Crippen LogP contribution in [-0.4, -0.2) is 12.5 Å². The van der Waals surface area contributed by atoms with Crippen LogP contribution in [-0.2, 0) is 6.61 Å². The molecule has 0 saturated heterocycles. The summed E-state index contributed by atoms with van der Waals surface area (Å²) in [5.41, 5.74) is 4.42. The molecule has 3 rings (SSSR count). The molecule has 0 bridgehead atoms. The van der Waals surface area contributed by atoms with Crippen molar-refractivity contribution in [3.05, 3.63) is 87.4 Å². The number of amides is 1. The van der Waals surface area contributed by atoms with Crippen LogP contribution in [0.5, 0.6) is 11.5 Å². The van der Waals surface area contributed by atoms with E-state index in [0.717, 1.165) is 22.4 Å². The number of halogens is 1. The molecule has 0 atom stereocenters. The summed E-state index contributed by atoms with van der Waals surface area (Å²) in [7, 11) is 0. The molecule has 0 aromatic heterocycles. The Morgan fingerprint density at radius 2 is 1.66 bits per heavy atom. The van der Waals surface area contributed by atoms with Crippen molar-refractivity contribution < 1.29 is 14.3 Å². The van der Waals surface area contributed by atoms with E-state index in [4.69, 9.17) is 9.47 Å². The van der Waals surface area contributed by atoms with Crippen LogP contribution in [0.4, 0.5) is 5.69 Å². The molecule has 5 heteroatoms. The summed E-state index contributed by atoms with van der Waals surface area (Å²) in [5, 5.41) is 3.01. The van der Waals surface area contributed by atoms with Gasteiger partial charge in [-0.2, -0.15) is 0 Å². The summed E-state index contributed by atoms with van der Waals surface area (Å²) < 4.78 is 12.4. The standard InChI is InChI=1S/C24H24BrNO3/c1-4-28-21-14-19(24(27)26-22-16(2)9-8-10-17(22)3)13-20(25)23(21)29-15-18-11-6-5-7-12-18/h5-14H,4,15H2,1-3H3,(H,26,27). The van der Waals surface area contributed by atoms with Crippen LogP contribution in [0, 0.1) is 13.8 Å². The van der Waals surface area contributed by atoms with Crippen LogP contribution < -0.4 is 14.8 Å². The van der Waals surface area contributed by atoms with E-state index in [-0.39, 0.29) is 5.91 Å². The lowest BCUT2D eigenvalue weighted by molar-refractivity contribution is 0.102. The van der Waals surface area contributed by atoms with Crippen LogP contribution in [0.15, 0.2) is 65.1 Å². The molecule has 4 nitrogen and oxygen atoms in total. The van der Waals surface area contributed by atoms with Crippen LogP contribution in [0.1, 0.15) is 34.0 Å². The number of rotatable bonds is 7. The first kappa shape index (κ1) is 20.9. The van der Waals surface area contributed by atoms with Crippen LogP contribution in [0.3, 0.4) is 0 Å². The minimum Gasteiger partial charge on any atom is -0.490 e. The highest BCUT2D eigenvalue weighted by Crippen LogP contribution is 2.38. The first-order valence-corrected chi connectivity index (χ1v) is 10.3. The summed E-state index contributed by atoms with van der Waals surface area (Å²) >= 11 is 3.54. The zero-order valence-electron chi connectivity index (χ0n) is 16.8. The summed E-state index contributed by atoms with van der Waals surface area (Å²) in [5.74, 6) is 0.919. The van der Waals surface area contributed by atoms with E-state index < -0.39 is 0 Å². The molecule has 0 unspecified atom stereocenters. The number of benzene rings is 3. The van der Waals surface area contributed by atoms with Crippen molar-refractivity contribution in [1.82, 2.24) is 0 Å². The Hall–Kier alpha value is -2.79. The average Bonchev–Trinajstić information content (AvgIpc) is 2.71. The number of carbonyl (C=O) groups excluding carboxylic acids is 1. The Balaban J connectivity index is 1.85. The highest BCUT2D eigenvalue weighted by molar-refractivity contribution is 9.10. The van der Waals surface area contributed by atoms with Crippen molar-refractivity contribution in [3.8, 4) is 11.5 Å². The molecule has 0 spiro atoms. The van der Waals surface area contributed by atoms with Crippen molar-refractivity contribution in [2.24, 2.45) is 0 Å². The lowest BCUT2D eigenvalue weighted by Gasteiger charge is -2.16. The van der Waals surface area contributed by atoms with Gasteiger partial charge in [0.2, 0.25) is 0 Å². The zero-order chi connectivity index (χ0) is 20.8. The van der Waals surface area contributed by atoms with Gasteiger partial charge in [-0.3, -0.25) is 4.79 Å². The normalized spacial score (nSPS) is 10.5. The third-order valence-corrected chi connectivity index (χ3v) is 5.11.